The third kappa shape index (κ3) is 2.81. The molecule has 0 saturated heterocycles. The van der Waals surface area contributed by atoms with Gasteiger partial charge in [0.15, 0.2) is 0 Å². The van der Waals surface area contributed by atoms with Crippen molar-refractivity contribution in [2.45, 2.75) is 13.2 Å². The first-order valence-corrected chi connectivity index (χ1v) is 5.82. The van der Waals surface area contributed by atoms with Crippen LogP contribution in [0.3, 0.4) is 0 Å². The first-order chi connectivity index (χ1) is 8.20. The molecule has 4 heteroatoms. The van der Waals surface area contributed by atoms with E-state index in [9.17, 15) is 0 Å². The quantitative estimate of drug-likeness (QED) is 0.876. The topological polar surface area (TPSA) is 37.2 Å². The summed E-state index contributed by atoms with van der Waals surface area (Å²) < 4.78 is 2.05. The van der Waals surface area contributed by atoms with E-state index in [0.717, 1.165) is 11.3 Å². The van der Waals surface area contributed by atoms with Crippen LogP contribution in [0.25, 0.3) is 0 Å². The zero-order valence-electron chi connectivity index (χ0n) is 9.65. The molecule has 1 aromatic carbocycles. The van der Waals surface area contributed by atoms with Crippen molar-refractivity contribution in [1.29, 1.82) is 0 Å². The molecule has 2 rings (SSSR count). The lowest BCUT2D eigenvalue weighted by Gasteiger charge is -2.10. The number of benzene rings is 1. The summed E-state index contributed by atoms with van der Waals surface area (Å²) in [4.78, 5) is 0. The Hall–Kier alpha value is -1.45. The molecule has 2 aromatic rings. The Labute approximate surface area is 106 Å². The predicted octanol–water partition coefficient (Wildman–Crippen LogP) is 2.78. The van der Waals surface area contributed by atoms with Crippen molar-refractivity contribution < 1.29 is 5.11 Å². The van der Waals surface area contributed by atoms with Crippen molar-refractivity contribution in [2.24, 2.45) is 7.05 Å². The van der Waals surface area contributed by atoms with E-state index in [1.165, 1.54) is 5.69 Å². The lowest BCUT2D eigenvalue weighted by molar-refractivity contribution is 0.282. The number of aliphatic hydroxyl groups is 1. The van der Waals surface area contributed by atoms with Gasteiger partial charge in [-0.05, 0) is 29.8 Å². The Balaban J connectivity index is 2.11. The van der Waals surface area contributed by atoms with Crippen LogP contribution in [0.5, 0.6) is 0 Å². The summed E-state index contributed by atoms with van der Waals surface area (Å²) in [6, 6.07) is 9.53. The maximum Gasteiger partial charge on any atom is 0.0682 e. The van der Waals surface area contributed by atoms with Crippen LogP contribution < -0.4 is 5.32 Å². The zero-order chi connectivity index (χ0) is 12.3. The fraction of sp³-hybridized carbons (Fsp3) is 0.231. The Bertz CT molecular complexity index is 508. The molecular formula is C13H15ClN2O. The van der Waals surface area contributed by atoms with E-state index in [1.807, 2.05) is 31.4 Å². The number of hydrogen-bond donors (Lipinski definition) is 2. The molecule has 0 bridgehead atoms. The molecule has 0 spiro atoms. The van der Waals surface area contributed by atoms with Crippen LogP contribution in [0.15, 0.2) is 36.5 Å². The molecule has 90 valence electrons. The summed E-state index contributed by atoms with van der Waals surface area (Å²) in [6.45, 7) is 0.730. The van der Waals surface area contributed by atoms with Crippen LogP contribution >= 0.6 is 11.6 Å². The molecule has 0 atom stereocenters. The van der Waals surface area contributed by atoms with Gasteiger partial charge in [-0.25, -0.2) is 0 Å². The number of anilines is 1. The second-order valence-corrected chi connectivity index (χ2v) is 4.34. The van der Waals surface area contributed by atoms with Crippen molar-refractivity contribution in [3.8, 4) is 0 Å². The first-order valence-electron chi connectivity index (χ1n) is 5.44. The highest BCUT2D eigenvalue weighted by molar-refractivity contribution is 6.33. The first kappa shape index (κ1) is 12.0. The molecule has 0 amide bonds. The molecule has 0 radical (unpaired) electrons. The smallest absolute Gasteiger partial charge is 0.0682 e. The summed E-state index contributed by atoms with van der Waals surface area (Å²) in [5, 5.41) is 13.0. The van der Waals surface area contributed by atoms with E-state index >= 15 is 0 Å². The summed E-state index contributed by atoms with van der Waals surface area (Å²) in [5.74, 6) is 0. The second-order valence-electron chi connectivity index (χ2n) is 3.94. The lowest BCUT2D eigenvalue weighted by atomic mass is 10.2. The largest absolute Gasteiger partial charge is 0.392 e. The number of aliphatic hydroxyl groups excluding tert-OH is 1. The minimum atomic E-state index is 0.0238. The van der Waals surface area contributed by atoms with Gasteiger partial charge >= 0.3 is 0 Å². The fourth-order valence-electron chi connectivity index (χ4n) is 1.67. The molecule has 3 nitrogen and oxygen atoms in total. The third-order valence-corrected chi connectivity index (χ3v) is 3.05. The SMILES string of the molecule is Cn1cccc1CNc1cc(CO)ccc1Cl. The van der Waals surface area contributed by atoms with E-state index in [4.69, 9.17) is 16.7 Å². The van der Waals surface area contributed by atoms with Crippen molar-refractivity contribution in [3.63, 3.8) is 0 Å². The Kier molecular flexibility index (Phi) is 3.71. The van der Waals surface area contributed by atoms with Crippen molar-refractivity contribution in [1.82, 2.24) is 4.57 Å². The van der Waals surface area contributed by atoms with Crippen LogP contribution in [-0.4, -0.2) is 9.67 Å². The van der Waals surface area contributed by atoms with Gasteiger partial charge in [-0.3, -0.25) is 0 Å². The van der Waals surface area contributed by atoms with E-state index < -0.39 is 0 Å². The van der Waals surface area contributed by atoms with Crippen LogP contribution in [-0.2, 0) is 20.2 Å². The molecule has 2 N–H and O–H groups in total. The van der Waals surface area contributed by atoms with Gasteiger partial charge in [-0.15, -0.1) is 0 Å². The van der Waals surface area contributed by atoms with Gasteiger partial charge in [0, 0.05) is 18.9 Å². The number of nitrogens with zero attached hydrogens (tertiary/aromatic N) is 1. The van der Waals surface area contributed by atoms with E-state index in [0.29, 0.717) is 11.6 Å². The number of rotatable bonds is 4. The average molecular weight is 251 g/mol. The molecule has 1 aromatic heterocycles. The Morgan fingerprint density at radius 1 is 1.35 bits per heavy atom. The van der Waals surface area contributed by atoms with Gasteiger partial charge in [0.25, 0.3) is 0 Å². The number of nitrogens with one attached hydrogen (secondary N) is 1. The lowest BCUT2D eigenvalue weighted by Crippen LogP contribution is -2.04. The maximum absolute atomic E-state index is 9.07. The van der Waals surface area contributed by atoms with Crippen LogP contribution in [0, 0.1) is 0 Å². The number of aryl methyl sites for hydroxylation is 1. The third-order valence-electron chi connectivity index (χ3n) is 2.72. The molecular weight excluding hydrogens is 236 g/mol. The monoisotopic (exact) mass is 250 g/mol. The summed E-state index contributed by atoms with van der Waals surface area (Å²) >= 11 is 6.08. The molecule has 0 aliphatic heterocycles. The number of halogens is 1. The van der Waals surface area contributed by atoms with Gasteiger partial charge in [-0.1, -0.05) is 17.7 Å². The Morgan fingerprint density at radius 3 is 2.82 bits per heavy atom. The van der Waals surface area contributed by atoms with Gasteiger partial charge in [0.1, 0.15) is 0 Å². The normalized spacial score (nSPS) is 10.5. The van der Waals surface area contributed by atoms with Crippen LogP contribution in [0.4, 0.5) is 5.69 Å². The van der Waals surface area contributed by atoms with Crippen LogP contribution in [0.1, 0.15) is 11.3 Å². The Morgan fingerprint density at radius 2 is 2.18 bits per heavy atom. The van der Waals surface area contributed by atoms with E-state index in [2.05, 4.69) is 16.0 Å². The van der Waals surface area contributed by atoms with Gasteiger partial charge in [0.05, 0.1) is 23.9 Å². The second kappa shape index (κ2) is 5.25. The van der Waals surface area contributed by atoms with Crippen molar-refractivity contribution in [2.75, 3.05) is 5.32 Å². The molecule has 0 fully saturated rings. The van der Waals surface area contributed by atoms with Crippen LogP contribution in [0.2, 0.25) is 5.02 Å². The van der Waals surface area contributed by atoms with E-state index in [-0.39, 0.29) is 6.61 Å². The van der Waals surface area contributed by atoms with Gasteiger partial charge in [-0.2, -0.15) is 0 Å². The molecule has 0 aliphatic carbocycles. The maximum atomic E-state index is 9.07. The minimum absolute atomic E-state index is 0.0238. The number of aromatic nitrogens is 1. The standard InChI is InChI=1S/C13H15ClN2O/c1-16-6-2-3-11(16)8-15-13-7-10(9-17)4-5-12(13)14/h2-7,15,17H,8-9H2,1H3. The molecule has 0 saturated carbocycles. The zero-order valence-corrected chi connectivity index (χ0v) is 10.4. The summed E-state index contributed by atoms with van der Waals surface area (Å²) in [7, 11) is 2.00. The number of hydrogen-bond acceptors (Lipinski definition) is 2. The molecule has 17 heavy (non-hydrogen) atoms. The summed E-state index contributed by atoms with van der Waals surface area (Å²) in [5.41, 5.74) is 2.87. The van der Waals surface area contributed by atoms with E-state index in [1.54, 1.807) is 6.07 Å². The highest BCUT2D eigenvalue weighted by Gasteiger charge is 2.02. The predicted molar refractivity (Wildman–Crippen MR) is 70.1 cm³/mol. The molecule has 1 heterocycles. The highest BCUT2D eigenvalue weighted by atomic mass is 35.5. The molecule has 0 aliphatic rings. The van der Waals surface area contributed by atoms with Crippen molar-refractivity contribution in [3.05, 3.63) is 52.8 Å². The average Bonchev–Trinajstić information content (AvgIpc) is 2.74. The molecule has 0 unspecified atom stereocenters. The summed E-state index contributed by atoms with van der Waals surface area (Å²) in [6.07, 6.45) is 2.00. The van der Waals surface area contributed by atoms with Gasteiger partial charge in [0.2, 0.25) is 0 Å². The minimum Gasteiger partial charge on any atom is -0.392 e. The van der Waals surface area contributed by atoms with Crippen molar-refractivity contribution >= 4 is 17.3 Å². The van der Waals surface area contributed by atoms with Gasteiger partial charge < -0.3 is 15.0 Å². The highest BCUT2D eigenvalue weighted by Crippen LogP contribution is 2.23. The fourth-order valence-corrected chi connectivity index (χ4v) is 1.86.